The molecule has 0 spiro atoms. The second kappa shape index (κ2) is 9.27. The predicted molar refractivity (Wildman–Crippen MR) is 124 cm³/mol. The van der Waals surface area contributed by atoms with Crippen LogP contribution in [0.1, 0.15) is 25.0 Å². The van der Waals surface area contributed by atoms with Gasteiger partial charge < -0.3 is 9.47 Å². The highest BCUT2D eigenvalue weighted by atomic mass is 32.2. The number of thioether (sulfide) groups is 1. The number of rotatable bonds is 7. The first-order valence-electron chi connectivity index (χ1n) is 10.2. The molecule has 1 fully saturated rings. The van der Waals surface area contributed by atoms with Crippen LogP contribution in [0.2, 0.25) is 0 Å². The van der Waals surface area contributed by atoms with Crippen molar-refractivity contribution in [1.82, 2.24) is 4.90 Å². The lowest BCUT2D eigenvalue weighted by Gasteiger charge is -2.13. The molecule has 0 bridgehead atoms. The molecule has 1 aliphatic heterocycles. The highest BCUT2D eigenvalue weighted by molar-refractivity contribution is 8.18. The van der Waals surface area contributed by atoms with Crippen LogP contribution in [-0.4, -0.2) is 29.3 Å². The van der Waals surface area contributed by atoms with E-state index in [1.165, 1.54) is 4.90 Å². The van der Waals surface area contributed by atoms with Gasteiger partial charge in [0.25, 0.3) is 11.1 Å². The van der Waals surface area contributed by atoms with Gasteiger partial charge in [-0.1, -0.05) is 36.4 Å². The third kappa shape index (κ3) is 4.59. The summed E-state index contributed by atoms with van der Waals surface area (Å²) in [6, 6.07) is 19.5. The van der Waals surface area contributed by atoms with Gasteiger partial charge in [-0.3, -0.25) is 14.5 Å². The Labute approximate surface area is 185 Å². The van der Waals surface area contributed by atoms with Crippen molar-refractivity contribution in [2.45, 2.75) is 20.4 Å². The van der Waals surface area contributed by atoms with Crippen LogP contribution < -0.4 is 9.47 Å². The van der Waals surface area contributed by atoms with Gasteiger partial charge in [0.2, 0.25) is 0 Å². The molecule has 0 unspecified atom stereocenters. The van der Waals surface area contributed by atoms with Crippen LogP contribution in [0.5, 0.6) is 11.5 Å². The number of hydrogen-bond acceptors (Lipinski definition) is 5. The van der Waals surface area contributed by atoms with E-state index in [4.69, 9.17) is 9.47 Å². The van der Waals surface area contributed by atoms with E-state index in [0.29, 0.717) is 29.6 Å². The van der Waals surface area contributed by atoms with Crippen LogP contribution in [0.15, 0.2) is 65.6 Å². The molecule has 158 valence electrons. The van der Waals surface area contributed by atoms with Crippen molar-refractivity contribution < 1.29 is 19.1 Å². The second-order valence-corrected chi connectivity index (χ2v) is 8.01. The molecule has 0 saturated carbocycles. The Morgan fingerprint density at radius 1 is 0.903 bits per heavy atom. The van der Waals surface area contributed by atoms with Gasteiger partial charge in [-0.25, -0.2) is 0 Å². The van der Waals surface area contributed by atoms with Crippen LogP contribution in [-0.2, 0) is 11.3 Å². The zero-order valence-electron chi connectivity index (χ0n) is 17.5. The lowest BCUT2D eigenvalue weighted by Crippen LogP contribution is -2.27. The molecule has 0 atom stereocenters. The van der Waals surface area contributed by atoms with Crippen molar-refractivity contribution in [1.29, 1.82) is 0 Å². The molecule has 2 amide bonds. The molecule has 0 radical (unpaired) electrons. The average molecular weight is 434 g/mol. The van der Waals surface area contributed by atoms with Crippen molar-refractivity contribution in [2.75, 3.05) is 13.2 Å². The molecule has 3 aromatic carbocycles. The van der Waals surface area contributed by atoms with E-state index < -0.39 is 0 Å². The van der Waals surface area contributed by atoms with Gasteiger partial charge in [-0.15, -0.1) is 0 Å². The summed E-state index contributed by atoms with van der Waals surface area (Å²) >= 11 is 0.952. The van der Waals surface area contributed by atoms with E-state index in [0.717, 1.165) is 33.7 Å². The molecule has 5 nitrogen and oxygen atoms in total. The Kier molecular flexibility index (Phi) is 6.28. The fraction of sp³-hybridized carbons (Fsp3) is 0.200. The first kappa shape index (κ1) is 21.0. The summed E-state index contributed by atoms with van der Waals surface area (Å²) in [5.41, 5.74) is 1.65. The van der Waals surface area contributed by atoms with Crippen LogP contribution in [0.3, 0.4) is 0 Å². The lowest BCUT2D eigenvalue weighted by molar-refractivity contribution is -0.123. The van der Waals surface area contributed by atoms with E-state index in [-0.39, 0.29) is 17.7 Å². The van der Waals surface area contributed by atoms with Crippen molar-refractivity contribution in [3.8, 4) is 11.5 Å². The molecular formula is C25H23NO4S. The Balaban J connectivity index is 1.58. The Hall–Kier alpha value is -3.25. The summed E-state index contributed by atoms with van der Waals surface area (Å²) in [6.45, 7) is 5.10. The minimum Gasteiger partial charge on any atom is -0.494 e. The van der Waals surface area contributed by atoms with Crippen LogP contribution in [0, 0.1) is 0 Å². The van der Waals surface area contributed by atoms with Crippen molar-refractivity contribution in [3.63, 3.8) is 0 Å². The molecule has 31 heavy (non-hydrogen) atoms. The van der Waals surface area contributed by atoms with Gasteiger partial charge >= 0.3 is 0 Å². The fourth-order valence-corrected chi connectivity index (χ4v) is 4.30. The number of hydrogen-bond donors (Lipinski definition) is 0. The van der Waals surface area contributed by atoms with Crippen LogP contribution >= 0.6 is 11.8 Å². The number of carbonyl (C=O) groups excluding carboxylic acids is 2. The van der Waals surface area contributed by atoms with Crippen molar-refractivity contribution >= 4 is 39.8 Å². The van der Waals surface area contributed by atoms with E-state index in [9.17, 15) is 9.59 Å². The fourth-order valence-electron chi connectivity index (χ4n) is 3.47. The summed E-state index contributed by atoms with van der Waals surface area (Å²) < 4.78 is 11.3. The number of fused-ring (bicyclic) bond motifs is 1. The van der Waals surface area contributed by atoms with Gasteiger partial charge in [0.05, 0.1) is 24.7 Å². The number of carbonyl (C=O) groups is 2. The Morgan fingerprint density at radius 3 is 2.45 bits per heavy atom. The number of ether oxygens (including phenoxy) is 2. The Bertz CT molecular complexity index is 1170. The lowest BCUT2D eigenvalue weighted by atomic mass is 10.1. The molecule has 1 aliphatic rings. The maximum atomic E-state index is 13.0. The molecule has 0 N–H and O–H groups in total. The zero-order chi connectivity index (χ0) is 21.8. The first-order chi connectivity index (χ1) is 15.1. The molecule has 1 heterocycles. The third-order valence-electron chi connectivity index (χ3n) is 4.91. The summed E-state index contributed by atoms with van der Waals surface area (Å²) in [7, 11) is 0. The second-order valence-electron chi connectivity index (χ2n) is 7.02. The molecular weight excluding hydrogens is 410 g/mol. The molecule has 0 aliphatic carbocycles. The van der Waals surface area contributed by atoms with Crippen LogP contribution in [0.4, 0.5) is 4.79 Å². The molecule has 1 saturated heterocycles. The summed E-state index contributed by atoms with van der Waals surface area (Å²) in [4.78, 5) is 27.2. The number of benzene rings is 3. The first-order valence-corrected chi connectivity index (χ1v) is 11.0. The average Bonchev–Trinajstić information content (AvgIpc) is 3.03. The summed E-state index contributed by atoms with van der Waals surface area (Å²) in [5, 5.41) is 1.94. The smallest absolute Gasteiger partial charge is 0.293 e. The normalized spacial score (nSPS) is 15.2. The summed E-state index contributed by atoms with van der Waals surface area (Å²) in [5.74, 6) is 1.03. The monoisotopic (exact) mass is 433 g/mol. The highest BCUT2D eigenvalue weighted by Crippen LogP contribution is 2.36. The van der Waals surface area contributed by atoms with Gasteiger partial charge in [0.1, 0.15) is 11.5 Å². The molecule has 6 heteroatoms. The predicted octanol–water partition coefficient (Wildman–Crippen LogP) is 5.87. The van der Waals surface area contributed by atoms with E-state index in [2.05, 4.69) is 0 Å². The maximum Gasteiger partial charge on any atom is 0.293 e. The van der Waals surface area contributed by atoms with Crippen molar-refractivity contribution in [2.24, 2.45) is 0 Å². The minimum absolute atomic E-state index is 0.244. The van der Waals surface area contributed by atoms with Gasteiger partial charge in [0, 0.05) is 11.6 Å². The topological polar surface area (TPSA) is 55.8 Å². The van der Waals surface area contributed by atoms with E-state index in [1.807, 2.05) is 68.4 Å². The van der Waals surface area contributed by atoms with E-state index >= 15 is 0 Å². The SMILES string of the molecule is CCOc1ccc(/C=C2\SC(=O)N(Cc3ccc4ccccc4c3)C2=O)c(OCC)c1. The quantitative estimate of drug-likeness (QED) is 0.436. The Morgan fingerprint density at radius 2 is 1.68 bits per heavy atom. The molecule has 3 aromatic rings. The zero-order valence-corrected chi connectivity index (χ0v) is 18.3. The number of imide groups is 1. The summed E-state index contributed by atoms with van der Waals surface area (Å²) in [6.07, 6.45) is 1.71. The van der Waals surface area contributed by atoms with Gasteiger partial charge in [-0.2, -0.15) is 0 Å². The van der Waals surface area contributed by atoms with Gasteiger partial charge in [-0.05, 0) is 66.2 Å². The number of nitrogens with zero attached hydrogens (tertiary/aromatic N) is 1. The largest absolute Gasteiger partial charge is 0.494 e. The van der Waals surface area contributed by atoms with Crippen LogP contribution in [0.25, 0.3) is 16.8 Å². The highest BCUT2D eigenvalue weighted by Gasteiger charge is 2.35. The molecule has 4 rings (SSSR count). The standard InChI is InChI=1S/C25H23NO4S/c1-3-29-21-12-11-20(22(15-21)30-4-2)14-23-24(27)26(25(28)31-23)16-17-9-10-18-7-5-6-8-19(18)13-17/h5-15H,3-4,16H2,1-2H3/b23-14-. The van der Waals surface area contributed by atoms with E-state index in [1.54, 1.807) is 12.1 Å². The van der Waals surface area contributed by atoms with Gasteiger partial charge in [0.15, 0.2) is 0 Å². The molecule has 0 aromatic heterocycles. The van der Waals surface area contributed by atoms with Crippen molar-refractivity contribution in [3.05, 3.63) is 76.7 Å². The maximum absolute atomic E-state index is 13.0. The minimum atomic E-state index is -0.292. The number of amides is 2. The third-order valence-corrected chi connectivity index (χ3v) is 5.82.